The number of aryl methyl sites for hydroxylation is 1. The molecule has 1 aliphatic carbocycles. The summed E-state index contributed by atoms with van der Waals surface area (Å²) in [6.07, 6.45) is 7.02. The molecule has 1 saturated carbocycles. The van der Waals surface area contributed by atoms with Crippen LogP contribution in [0.3, 0.4) is 0 Å². The van der Waals surface area contributed by atoms with Gasteiger partial charge in [0.05, 0.1) is 6.04 Å². The van der Waals surface area contributed by atoms with Crippen molar-refractivity contribution in [1.82, 2.24) is 20.1 Å². The van der Waals surface area contributed by atoms with Crippen LogP contribution in [0.15, 0.2) is 6.33 Å². The van der Waals surface area contributed by atoms with Crippen molar-refractivity contribution in [3.63, 3.8) is 0 Å². The number of aromatic nitrogens is 3. The molecular formula is C13H24N4. The predicted octanol–water partition coefficient (Wildman–Crippen LogP) is 2.38. The lowest BCUT2D eigenvalue weighted by molar-refractivity contribution is 0.345. The molecule has 4 nitrogen and oxygen atoms in total. The van der Waals surface area contributed by atoms with Crippen molar-refractivity contribution in [2.24, 2.45) is 11.8 Å². The lowest BCUT2D eigenvalue weighted by Crippen LogP contribution is -2.27. The van der Waals surface area contributed by atoms with Gasteiger partial charge < -0.3 is 5.32 Å². The Kier molecular flexibility index (Phi) is 4.15. The van der Waals surface area contributed by atoms with E-state index in [1.54, 1.807) is 6.33 Å². The summed E-state index contributed by atoms with van der Waals surface area (Å²) in [5, 5.41) is 7.72. The van der Waals surface area contributed by atoms with E-state index in [1.807, 2.05) is 11.7 Å². The fourth-order valence-corrected chi connectivity index (χ4v) is 3.12. The molecule has 1 aromatic heterocycles. The van der Waals surface area contributed by atoms with E-state index in [1.165, 1.54) is 25.7 Å². The number of nitrogens with zero attached hydrogens (tertiary/aromatic N) is 3. The number of hydrogen-bond donors (Lipinski definition) is 1. The standard InChI is InChI=1S/C13H24N4/c1-4-10-6-7-11(8-10)12(14-3)13-15-9-16-17(13)5-2/h9-12,14H,4-8H2,1-3H3. The van der Waals surface area contributed by atoms with Crippen molar-refractivity contribution < 1.29 is 0 Å². The van der Waals surface area contributed by atoms with Crippen LogP contribution in [-0.2, 0) is 6.54 Å². The van der Waals surface area contributed by atoms with Crippen molar-refractivity contribution in [2.75, 3.05) is 7.05 Å². The van der Waals surface area contributed by atoms with Gasteiger partial charge in [-0.15, -0.1) is 0 Å². The predicted molar refractivity (Wildman–Crippen MR) is 68.6 cm³/mol. The summed E-state index contributed by atoms with van der Waals surface area (Å²) in [6.45, 7) is 5.32. The summed E-state index contributed by atoms with van der Waals surface area (Å²) in [7, 11) is 2.04. The van der Waals surface area contributed by atoms with Crippen molar-refractivity contribution in [3.8, 4) is 0 Å². The van der Waals surface area contributed by atoms with Gasteiger partial charge in [-0.3, -0.25) is 0 Å². The van der Waals surface area contributed by atoms with Crippen LogP contribution in [0, 0.1) is 11.8 Å². The highest BCUT2D eigenvalue weighted by atomic mass is 15.3. The molecule has 1 aromatic rings. The summed E-state index contributed by atoms with van der Waals surface area (Å²) < 4.78 is 2.01. The molecule has 1 N–H and O–H groups in total. The monoisotopic (exact) mass is 236 g/mol. The molecule has 3 atom stereocenters. The lowest BCUT2D eigenvalue weighted by atomic mass is 9.95. The fraction of sp³-hybridized carbons (Fsp3) is 0.846. The Morgan fingerprint density at radius 3 is 2.88 bits per heavy atom. The van der Waals surface area contributed by atoms with Gasteiger partial charge >= 0.3 is 0 Å². The topological polar surface area (TPSA) is 42.7 Å². The van der Waals surface area contributed by atoms with Crippen LogP contribution in [0.5, 0.6) is 0 Å². The Bertz CT molecular complexity index is 347. The van der Waals surface area contributed by atoms with Gasteiger partial charge in [-0.1, -0.05) is 19.8 Å². The van der Waals surface area contributed by atoms with Crippen LogP contribution in [0.4, 0.5) is 0 Å². The highest BCUT2D eigenvalue weighted by Crippen LogP contribution is 2.39. The van der Waals surface area contributed by atoms with Gasteiger partial charge in [0.2, 0.25) is 0 Å². The van der Waals surface area contributed by atoms with Gasteiger partial charge in [-0.05, 0) is 38.6 Å². The molecule has 3 unspecified atom stereocenters. The molecule has 0 aliphatic heterocycles. The molecule has 1 aliphatic rings. The zero-order valence-corrected chi connectivity index (χ0v) is 11.2. The molecule has 0 saturated heterocycles. The summed E-state index contributed by atoms with van der Waals surface area (Å²) >= 11 is 0. The van der Waals surface area contributed by atoms with E-state index in [9.17, 15) is 0 Å². The van der Waals surface area contributed by atoms with Crippen molar-refractivity contribution in [2.45, 2.75) is 52.1 Å². The van der Waals surface area contributed by atoms with E-state index in [4.69, 9.17) is 0 Å². The van der Waals surface area contributed by atoms with Gasteiger partial charge in [-0.2, -0.15) is 5.10 Å². The average molecular weight is 236 g/mol. The smallest absolute Gasteiger partial charge is 0.144 e. The first-order valence-corrected chi connectivity index (χ1v) is 6.85. The molecular weight excluding hydrogens is 212 g/mol. The molecule has 17 heavy (non-hydrogen) atoms. The van der Waals surface area contributed by atoms with Gasteiger partial charge in [0.15, 0.2) is 0 Å². The Morgan fingerprint density at radius 1 is 1.47 bits per heavy atom. The fourth-order valence-electron chi connectivity index (χ4n) is 3.12. The van der Waals surface area contributed by atoms with E-state index >= 15 is 0 Å². The maximum absolute atomic E-state index is 4.44. The van der Waals surface area contributed by atoms with Crippen LogP contribution in [-0.4, -0.2) is 21.8 Å². The molecule has 0 bridgehead atoms. The third-order valence-electron chi connectivity index (χ3n) is 4.16. The van der Waals surface area contributed by atoms with E-state index in [2.05, 4.69) is 29.2 Å². The second kappa shape index (κ2) is 5.63. The van der Waals surface area contributed by atoms with Crippen molar-refractivity contribution in [1.29, 1.82) is 0 Å². The van der Waals surface area contributed by atoms with Gasteiger partial charge in [-0.25, -0.2) is 9.67 Å². The largest absolute Gasteiger partial charge is 0.310 e. The van der Waals surface area contributed by atoms with Gasteiger partial charge in [0, 0.05) is 6.54 Å². The average Bonchev–Trinajstić information content (AvgIpc) is 2.99. The highest BCUT2D eigenvalue weighted by molar-refractivity contribution is 4.99. The first kappa shape index (κ1) is 12.6. The SMILES string of the molecule is CCC1CCC(C(NC)c2ncnn2CC)C1. The van der Waals surface area contributed by atoms with Crippen LogP contribution in [0.25, 0.3) is 0 Å². The zero-order valence-electron chi connectivity index (χ0n) is 11.2. The Morgan fingerprint density at radius 2 is 2.29 bits per heavy atom. The minimum atomic E-state index is 0.369. The molecule has 0 aromatic carbocycles. The van der Waals surface area contributed by atoms with E-state index in [0.717, 1.165) is 24.2 Å². The van der Waals surface area contributed by atoms with Crippen LogP contribution in [0.2, 0.25) is 0 Å². The van der Waals surface area contributed by atoms with Gasteiger partial charge in [0.1, 0.15) is 12.2 Å². The number of nitrogens with one attached hydrogen (secondary N) is 1. The summed E-state index contributed by atoms with van der Waals surface area (Å²) in [5.41, 5.74) is 0. The van der Waals surface area contributed by atoms with Crippen molar-refractivity contribution >= 4 is 0 Å². The first-order chi connectivity index (χ1) is 8.30. The quantitative estimate of drug-likeness (QED) is 0.853. The number of rotatable bonds is 5. The molecule has 4 heteroatoms. The van der Waals surface area contributed by atoms with Crippen LogP contribution < -0.4 is 5.32 Å². The minimum absolute atomic E-state index is 0.369. The lowest BCUT2D eigenvalue weighted by Gasteiger charge is -2.22. The third kappa shape index (κ3) is 2.51. The first-order valence-electron chi connectivity index (χ1n) is 6.85. The second-order valence-corrected chi connectivity index (χ2v) is 5.05. The molecule has 96 valence electrons. The zero-order chi connectivity index (χ0) is 12.3. The van der Waals surface area contributed by atoms with E-state index in [0.29, 0.717) is 6.04 Å². The van der Waals surface area contributed by atoms with Crippen molar-refractivity contribution in [3.05, 3.63) is 12.2 Å². The molecule has 1 heterocycles. The maximum Gasteiger partial charge on any atom is 0.144 e. The molecule has 1 fully saturated rings. The molecule has 2 rings (SSSR count). The Hall–Kier alpha value is -0.900. The molecule has 0 spiro atoms. The van der Waals surface area contributed by atoms with E-state index in [-0.39, 0.29) is 0 Å². The Labute approximate surface area is 104 Å². The molecule has 0 amide bonds. The van der Waals surface area contributed by atoms with Crippen LogP contribution >= 0.6 is 0 Å². The van der Waals surface area contributed by atoms with Crippen LogP contribution in [0.1, 0.15) is 51.4 Å². The second-order valence-electron chi connectivity index (χ2n) is 5.05. The third-order valence-corrected chi connectivity index (χ3v) is 4.16. The minimum Gasteiger partial charge on any atom is -0.310 e. The highest BCUT2D eigenvalue weighted by Gasteiger charge is 2.32. The Balaban J connectivity index is 2.11. The summed E-state index contributed by atoms with van der Waals surface area (Å²) in [4.78, 5) is 4.44. The summed E-state index contributed by atoms with van der Waals surface area (Å²) in [5.74, 6) is 2.74. The van der Waals surface area contributed by atoms with Gasteiger partial charge in [0.25, 0.3) is 0 Å². The maximum atomic E-state index is 4.44. The van der Waals surface area contributed by atoms with E-state index < -0.39 is 0 Å². The summed E-state index contributed by atoms with van der Waals surface area (Å²) in [6, 6.07) is 0.369. The number of hydrogen-bond acceptors (Lipinski definition) is 3. The normalized spacial score (nSPS) is 26.3. The molecule has 0 radical (unpaired) electrons.